The molecule has 1 N–H and O–H groups in total. The zero-order valence-electron chi connectivity index (χ0n) is 23.0. The first-order valence-electron chi connectivity index (χ1n) is 13.0. The van der Waals surface area contributed by atoms with Gasteiger partial charge in [0.15, 0.2) is 0 Å². The summed E-state index contributed by atoms with van der Waals surface area (Å²) >= 11 is 0. The third-order valence-electron chi connectivity index (χ3n) is 6.42. The summed E-state index contributed by atoms with van der Waals surface area (Å²) in [5.41, 5.74) is 3.08. The van der Waals surface area contributed by atoms with Gasteiger partial charge >= 0.3 is 0 Å². The van der Waals surface area contributed by atoms with Gasteiger partial charge in [0.1, 0.15) is 18.3 Å². The van der Waals surface area contributed by atoms with Gasteiger partial charge in [-0.25, -0.2) is 8.42 Å². The van der Waals surface area contributed by atoms with Crippen LogP contribution in [0.4, 0.5) is 5.69 Å². The van der Waals surface area contributed by atoms with E-state index < -0.39 is 28.5 Å². The highest BCUT2D eigenvalue weighted by Gasteiger charge is 2.32. The van der Waals surface area contributed by atoms with Crippen molar-refractivity contribution in [3.63, 3.8) is 0 Å². The van der Waals surface area contributed by atoms with Gasteiger partial charge in [0.25, 0.3) is 0 Å². The van der Waals surface area contributed by atoms with E-state index in [0.29, 0.717) is 18.0 Å². The Labute approximate surface area is 231 Å². The fraction of sp³-hybridized carbons (Fsp3) is 0.333. The number of nitrogens with zero attached hydrogens (tertiary/aromatic N) is 2. The van der Waals surface area contributed by atoms with Crippen LogP contribution in [0.3, 0.4) is 0 Å². The molecule has 208 valence electrons. The molecule has 9 heteroatoms. The van der Waals surface area contributed by atoms with Crippen molar-refractivity contribution in [2.45, 2.75) is 39.3 Å². The second kappa shape index (κ2) is 13.8. The van der Waals surface area contributed by atoms with Crippen molar-refractivity contribution in [1.29, 1.82) is 0 Å². The number of anilines is 1. The lowest BCUT2D eigenvalue weighted by atomic mass is 10.0. The Bertz CT molecular complexity index is 1340. The molecule has 0 saturated heterocycles. The molecule has 0 fully saturated rings. The van der Waals surface area contributed by atoms with Crippen LogP contribution in [0.5, 0.6) is 5.75 Å². The number of benzene rings is 3. The molecular formula is C30H37N3O5S. The zero-order valence-corrected chi connectivity index (χ0v) is 23.8. The van der Waals surface area contributed by atoms with Crippen LogP contribution in [0, 0.1) is 0 Å². The highest BCUT2D eigenvalue weighted by atomic mass is 32.2. The minimum atomic E-state index is -3.80. The molecule has 0 bridgehead atoms. The lowest BCUT2D eigenvalue weighted by Gasteiger charge is -2.33. The van der Waals surface area contributed by atoms with E-state index in [2.05, 4.69) is 5.32 Å². The van der Waals surface area contributed by atoms with E-state index >= 15 is 0 Å². The van der Waals surface area contributed by atoms with E-state index in [-0.39, 0.29) is 18.9 Å². The largest absolute Gasteiger partial charge is 0.497 e. The third-order valence-corrected chi connectivity index (χ3v) is 7.56. The third kappa shape index (κ3) is 8.32. The number of hydrogen-bond acceptors (Lipinski definition) is 5. The molecule has 3 aromatic rings. The van der Waals surface area contributed by atoms with Crippen molar-refractivity contribution in [1.82, 2.24) is 10.2 Å². The van der Waals surface area contributed by atoms with Crippen LogP contribution in [-0.2, 0) is 39.0 Å². The summed E-state index contributed by atoms with van der Waals surface area (Å²) in [4.78, 5) is 28.8. The molecule has 0 unspecified atom stereocenters. The van der Waals surface area contributed by atoms with E-state index in [0.717, 1.165) is 33.7 Å². The summed E-state index contributed by atoms with van der Waals surface area (Å²) < 4.78 is 32.1. The first kappa shape index (κ1) is 29.7. The fourth-order valence-corrected chi connectivity index (χ4v) is 5.17. The number of amides is 2. The molecule has 3 rings (SSSR count). The molecule has 2 amide bonds. The maximum Gasteiger partial charge on any atom is 0.244 e. The first-order valence-corrected chi connectivity index (χ1v) is 14.8. The van der Waals surface area contributed by atoms with Gasteiger partial charge in [-0.3, -0.25) is 13.9 Å². The van der Waals surface area contributed by atoms with Crippen LogP contribution in [0.1, 0.15) is 30.5 Å². The molecule has 0 aromatic heterocycles. The average Bonchev–Trinajstić information content (AvgIpc) is 2.93. The Hall–Kier alpha value is -3.85. The van der Waals surface area contributed by atoms with Gasteiger partial charge in [0, 0.05) is 19.5 Å². The molecule has 0 aliphatic carbocycles. The van der Waals surface area contributed by atoms with E-state index in [1.54, 1.807) is 31.4 Å². The van der Waals surface area contributed by atoms with Crippen LogP contribution in [0.2, 0.25) is 0 Å². The van der Waals surface area contributed by atoms with Gasteiger partial charge in [-0.1, -0.05) is 61.5 Å². The molecule has 8 nitrogen and oxygen atoms in total. The highest BCUT2D eigenvalue weighted by Crippen LogP contribution is 2.22. The summed E-state index contributed by atoms with van der Waals surface area (Å²) in [5, 5.41) is 2.85. The van der Waals surface area contributed by atoms with Crippen LogP contribution in [0.25, 0.3) is 0 Å². The van der Waals surface area contributed by atoms with Gasteiger partial charge in [-0.05, 0) is 54.3 Å². The van der Waals surface area contributed by atoms with Crippen molar-refractivity contribution >= 4 is 27.5 Å². The smallest absolute Gasteiger partial charge is 0.244 e. The standard InChI is InChI=1S/C30H37N3O5S/c1-5-23-15-17-26(18-16-23)33(39(4,36)37)22-29(34)32(21-25-13-10-14-27(19-25)38-3)28(30(35)31-6-2)20-24-11-8-7-9-12-24/h7-19,28H,5-6,20-22H2,1-4H3,(H,31,35)/t28-/m0/s1. The number of ether oxygens (including phenoxy) is 1. The molecular weight excluding hydrogens is 514 g/mol. The van der Waals surface area contributed by atoms with Crippen LogP contribution in [0.15, 0.2) is 78.9 Å². The molecule has 1 atom stereocenters. The zero-order chi connectivity index (χ0) is 28.4. The van der Waals surface area contributed by atoms with E-state index in [9.17, 15) is 18.0 Å². The second-order valence-electron chi connectivity index (χ2n) is 9.26. The van der Waals surface area contributed by atoms with Crippen molar-refractivity contribution < 1.29 is 22.7 Å². The molecule has 0 aliphatic heterocycles. The lowest BCUT2D eigenvalue weighted by Crippen LogP contribution is -2.53. The van der Waals surface area contributed by atoms with E-state index in [1.165, 1.54) is 4.90 Å². The van der Waals surface area contributed by atoms with Gasteiger partial charge in [-0.2, -0.15) is 0 Å². The Morgan fingerprint density at radius 2 is 1.56 bits per heavy atom. The predicted octanol–water partition coefficient (Wildman–Crippen LogP) is 3.80. The van der Waals surface area contributed by atoms with Crippen molar-refractivity contribution in [3.8, 4) is 5.75 Å². The predicted molar refractivity (Wildman–Crippen MR) is 154 cm³/mol. The van der Waals surface area contributed by atoms with Crippen molar-refractivity contribution in [2.75, 3.05) is 30.8 Å². The summed E-state index contributed by atoms with van der Waals surface area (Å²) in [5.74, 6) is -0.183. The van der Waals surface area contributed by atoms with Crippen LogP contribution in [-0.4, -0.2) is 57.6 Å². The molecule has 39 heavy (non-hydrogen) atoms. The number of nitrogens with one attached hydrogen (secondary N) is 1. The van der Waals surface area contributed by atoms with E-state index in [4.69, 9.17) is 4.74 Å². The number of carbonyl (C=O) groups excluding carboxylic acids is 2. The SMILES string of the molecule is CCNC(=O)[C@H](Cc1ccccc1)N(Cc1cccc(OC)c1)C(=O)CN(c1ccc(CC)cc1)S(C)(=O)=O. The minimum Gasteiger partial charge on any atom is -0.497 e. The molecule has 0 aliphatic rings. The van der Waals surface area contributed by atoms with Gasteiger partial charge in [-0.15, -0.1) is 0 Å². The molecule has 0 spiro atoms. The van der Waals surface area contributed by atoms with Crippen molar-refractivity contribution in [3.05, 3.63) is 95.6 Å². The molecule has 0 radical (unpaired) electrons. The number of aryl methyl sites for hydroxylation is 1. The number of carbonyl (C=O) groups is 2. The summed E-state index contributed by atoms with van der Waals surface area (Å²) in [6.07, 6.45) is 2.15. The summed E-state index contributed by atoms with van der Waals surface area (Å²) in [7, 11) is -2.24. The fourth-order valence-electron chi connectivity index (χ4n) is 4.33. The Balaban J connectivity index is 2.04. The average molecular weight is 552 g/mol. The topological polar surface area (TPSA) is 96.0 Å². The maximum atomic E-state index is 14.0. The highest BCUT2D eigenvalue weighted by molar-refractivity contribution is 7.92. The number of sulfonamides is 1. The number of methoxy groups -OCH3 is 1. The Morgan fingerprint density at radius 1 is 0.897 bits per heavy atom. The van der Waals surface area contributed by atoms with Gasteiger partial charge in [0.05, 0.1) is 19.1 Å². The summed E-state index contributed by atoms with van der Waals surface area (Å²) in [6, 6.07) is 22.9. The van der Waals surface area contributed by atoms with Gasteiger partial charge in [0.2, 0.25) is 21.8 Å². The van der Waals surface area contributed by atoms with Gasteiger partial charge < -0.3 is 15.0 Å². The maximum absolute atomic E-state index is 14.0. The Morgan fingerprint density at radius 3 is 2.15 bits per heavy atom. The second-order valence-corrected chi connectivity index (χ2v) is 11.2. The first-order chi connectivity index (χ1) is 18.7. The normalized spacial score (nSPS) is 11.9. The van der Waals surface area contributed by atoms with Crippen molar-refractivity contribution in [2.24, 2.45) is 0 Å². The lowest BCUT2D eigenvalue weighted by molar-refractivity contribution is -0.140. The van der Waals surface area contributed by atoms with Crippen LogP contribution < -0.4 is 14.4 Å². The number of likely N-dealkylation sites (N-methyl/N-ethyl adjacent to an activating group) is 1. The summed E-state index contributed by atoms with van der Waals surface area (Å²) in [6.45, 7) is 3.87. The Kier molecular flexibility index (Phi) is 10.5. The quantitative estimate of drug-likeness (QED) is 0.349. The minimum absolute atomic E-state index is 0.0943. The monoisotopic (exact) mass is 551 g/mol. The number of hydrogen-bond donors (Lipinski definition) is 1. The number of rotatable bonds is 13. The van der Waals surface area contributed by atoms with E-state index in [1.807, 2.05) is 68.4 Å². The molecule has 0 heterocycles. The van der Waals surface area contributed by atoms with Crippen LogP contribution >= 0.6 is 0 Å². The molecule has 3 aromatic carbocycles. The molecule has 0 saturated carbocycles.